The number of carboxylic acid groups (broad SMARTS) is 1. The van der Waals surface area contributed by atoms with Crippen molar-refractivity contribution < 1.29 is 54.3 Å². The summed E-state index contributed by atoms with van der Waals surface area (Å²) < 4.78 is 0. The third-order valence-corrected chi connectivity index (χ3v) is 7.90. The van der Waals surface area contributed by atoms with Gasteiger partial charge < -0.3 is 57.4 Å². The number of nitrogens with two attached hydrogens (primary N) is 1. The summed E-state index contributed by atoms with van der Waals surface area (Å²) in [7, 11) is 0. The zero-order valence-corrected chi connectivity index (χ0v) is 26.7. The molecule has 11 N–H and O–H groups in total. The zero-order chi connectivity index (χ0) is 36.2. The van der Waals surface area contributed by atoms with E-state index in [2.05, 4.69) is 16.0 Å². The molecule has 0 saturated carbocycles. The number of phenols is 2. The van der Waals surface area contributed by atoms with Crippen molar-refractivity contribution >= 4 is 35.5 Å². The number of rotatable bonds is 16. The lowest BCUT2D eigenvalue weighted by Gasteiger charge is -2.31. The lowest BCUT2D eigenvalue weighted by molar-refractivity contribution is -0.145. The van der Waals surface area contributed by atoms with Gasteiger partial charge in [0.15, 0.2) is 0 Å². The van der Waals surface area contributed by atoms with Gasteiger partial charge >= 0.3 is 5.97 Å². The molecule has 1 saturated heterocycles. The van der Waals surface area contributed by atoms with E-state index in [1.54, 1.807) is 24.3 Å². The number of aliphatic hydroxyl groups excluding tert-OH is 2. The monoisotopic (exact) mass is 686 g/mol. The van der Waals surface area contributed by atoms with Gasteiger partial charge in [0.05, 0.1) is 19.3 Å². The van der Waals surface area contributed by atoms with Crippen molar-refractivity contribution in [1.82, 2.24) is 26.2 Å². The molecular formula is C32H42N6O11. The highest BCUT2D eigenvalue weighted by atomic mass is 16.4. The first-order valence-electron chi connectivity index (χ1n) is 15.5. The minimum Gasteiger partial charge on any atom is -0.508 e. The largest absolute Gasteiger partial charge is 0.508 e. The lowest BCUT2D eigenvalue weighted by atomic mass is 10.0. The summed E-state index contributed by atoms with van der Waals surface area (Å²) >= 11 is 0. The van der Waals surface area contributed by atoms with Crippen LogP contribution in [0.3, 0.4) is 0 Å². The van der Waals surface area contributed by atoms with Gasteiger partial charge in [-0.15, -0.1) is 0 Å². The number of likely N-dealkylation sites (tertiary alicyclic amines) is 1. The minimum absolute atomic E-state index is 0.00508. The van der Waals surface area contributed by atoms with Gasteiger partial charge in [-0.1, -0.05) is 24.3 Å². The van der Waals surface area contributed by atoms with Crippen LogP contribution >= 0.6 is 0 Å². The molecule has 17 heteroatoms. The number of aliphatic carboxylic acids is 1. The smallest absolute Gasteiger partial charge is 0.328 e. The zero-order valence-electron chi connectivity index (χ0n) is 26.7. The number of amides is 5. The Morgan fingerprint density at radius 3 is 1.84 bits per heavy atom. The van der Waals surface area contributed by atoms with Crippen molar-refractivity contribution in [3.05, 3.63) is 59.7 Å². The molecule has 1 aliphatic heterocycles. The van der Waals surface area contributed by atoms with E-state index in [4.69, 9.17) is 10.8 Å². The van der Waals surface area contributed by atoms with E-state index in [0.717, 1.165) is 0 Å². The molecule has 0 bridgehead atoms. The number of carbonyl (C=O) groups is 6. The van der Waals surface area contributed by atoms with Crippen molar-refractivity contribution in [2.45, 2.75) is 68.9 Å². The van der Waals surface area contributed by atoms with Crippen molar-refractivity contribution in [3.8, 4) is 11.5 Å². The molecule has 49 heavy (non-hydrogen) atoms. The predicted octanol–water partition coefficient (Wildman–Crippen LogP) is -2.77. The summed E-state index contributed by atoms with van der Waals surface area (Å²) in [4.78, 5) is 78.7. The van der Waals surface area contributed by atoms with Gasteiger partial charge in [0, 0.05) is 19.4 Å². The van der Waals surface area contributed by atoms with Crippen molar-refractivity contribution in [2.24, 2.45) is 5.73 Å². The Bertz CT molecular complexity index is 1490. The molecule has 1 heterocycles. The van der Waals surface area contributed by atoms with Crippen LogP contribution in [0.25, 0.3) is 0 Å². The molecule has 0 aliphatic carbocycles. The van der Waals surface area contributed by atoms with E-state index in [1.165, 1.54) is 36.1 Å². The second-order valence-electron chi connectivity index (χ2n) is 11.6. The van der Waals surface area contributed by atoms with Crippen LogP contribution < -0.4 is 27.0 Å². The molecule has 2 aromatic carbocycles. The van der Waals surface area contributed by atoms with Gasteiger partial charge in [0.2, 0.25) is 29.5 Å². The Hall–Kier alpha value is -5.26. The molecule has 5 amide bonds. The number of nitrogens with zero attached hydrogens (tertiary/aromatic N) is 1. The Morgan fingerprint density at radius 1 is 0.816 bits per heavy atom. The number of phenolic OH excluding ortho intramolecular Hbond substituents is 2. The van der Waals surface area contributed by atoms with Crippen LogP contribution in [-0.2, 0) is 41.6 Å². The fourth-order valence-electron chi connectivity index (χ4n) is 5.28. The maximum Gasteiger partial charge on any atom is 0.328 e. The summed E-state index contributed by atoms with van der Waals surface area (Å²) in [6, 6.07) is 4.90. The van der Waals surface area contributed by atoms with Crippen molar-refractivity contribution in [2.75, 3.05) is 19.7 Å². The van der Waals surface area contributed by atoms with E-state index < -0.39 is 85.0 Å². The second kappa shape index (κ2) is 17.8. The number of hydrogen-bond donors (Lipinski definition) is 10. The predicted molar refractivity (Wildman–Crippen MR) is 172 cm³/mol. The minimum atomic E-state index is -1.69. The fourth-order valence-corrected chi connectivity index (χ4v) is 5.28. The first-order chi connectivity index (χ1) is 23.2. The highest BCUT2D eigenvalue weighted by Gasteiger charge is 2.40. The van der Waals surface area contributed by atoms with Crippen LogP contribution in [-0.4, -0.2) is 122 Å². The molecule has 0 unspecified atom stereocenters. The number of aliphatic hydroxyl groups is 2. The summed E-state index contributed by atoms with van der Waals surface area (Å²) in [6.07, 6.45) is -1.05. The van der Waals surface area contributed by atoms with Crippen LogP contribution in [0.4, 0.5) is 0 Å². The summed E-state index contributed by atoms with van der Waals surface area (Å²) in [5.74, 6) is -5.51. The number of carboxylic acids is 1. The summed E-state index contributed by atoms with van der Waals surface area (Å²) in [6.45, 7) is -0.0660. The number of carbonyl (C=O) groups excluding carboxylic acids is 5. The molecule has 0 spiro atoms. The van der Waals surface area contributed by atoms with Crippen LogP contribution in [0.2, 0.25) is 0 Å². The maximum atomic E-state index is 14.1. The van der Waals surface area contributed by atoms with E-state index in [1.807, 2.05) is 5.32 Å². The molecular weight excluding hydrogens is 644 g/mol. The number of benzene rings is 2. The van der Waals surface area contributed by atoms with E-state index in [9.17, 15) is 49.2 Å². The lowest BCUT2D eigenvalue weighted by Crippen LogP contribution is -2.61. The molecule has 1 fully saturated rings. The van der Waals surface area contributed by atoms with Crippen molar-refractivity contribution in [3.63, 3.8) is 0 Å². The molecule has 1 aliphatic rings. The van der Waals surface area contributed by atoms with Gasteiger partial charge in [-0.3, -0.25) is 24.0 Å². The van der Waals surface area contributed by atoms with Crippen LogP contribution in [0.5, 0.6) is 11.5 Å². The van der Waals surface area contributed by atoms with E-state index in [-0.39, 0.29) is 37.3 Å². The summed E-state index contributed by atoms with van der Waals surface area (Å²) in [5, 5.41) is 57.6. The Morgan fingerprint density at radius 2 is 1.35 bits per heavy atom. The van der Waals surface area contributed by atoms with Crippen molar-refractivity contribution in [1.29, 1.82) is 0 Å². The van der Waals surface area contributed by atoms with E-state index in [0.29, 0.717) is 17.5 Å². The SMILES string of the molecule is C[C@@H](O)[C@H](NC(=O)[C@@H]1CCCN1C(=O)[C@H](Cc1ccc(O)cc1)NC(=O)[C@H](Cc1ccc(O)cc1)NC(=O)CN)C(=O)N[C@@H](CO)C(=O)O. The molecule has 3 rings (SSSR count). The Kier molecular flexibility index (Phi) is 13.8. The topological polar surface area (TPSA) is 281 Å². The molecule has 6 atom stereocenters. The maximum absolute atomic E-state index is 14.1. The molecule has 2 aromatic rings. The molecule has 266 valence electrons. The van der Waals surface area contributed by atoms with Gasteiger partial charge in [0.25, 0.3) is 0 Å². The Balaban J connectivity index is 1.86. The van der Waals surface area contributed by atoms with Gasteiger partial charge in [-0.25, -0.2) is 4.79 Å². The highest BCUT2D eigenvalue weighted by Crippen LogP contribution is 2.21. The quantitative estimate of drug-likeness (QED) is 0.0859. The summed E-state index contributed by atoms with van der Waals surface area (Å²) in [5.41, 5.74) is 6.59. The molecule has 17 nitrogen and oxygen atoms in total. The third-order valence-electron chi connectivity index (χ3n) is 7.90. The van der Waals surface area contributed by atoms with Crippen LogP contribution in [0.15, 0.2) is 48.5 Å². The van der Waals surface area contributed by atoms with Gasteiger partial charge in [-0.05, 0) is 55.2 Å². The van der Waals surface area contributed by atoms with Gasteiger partial charge in [-0.2, -0.15) is 0 Å². The van der Waals surface area contributed by atoms with E-state index >= 15 is 0 Å². The highest BCUT2D eigenvalue weighted by molar-refractivity contribution is 5.96. The first kappa shape index (κ1) is 38.2. The van der Waals surface area contributed by atoms with Gasteiger partial charge in [0.1, 0.15) is 41.7 Å². The average Bonchev–Trinajstić information content (AvgIpc) is 3.56. The Labute approximate surface area is 281 Å². The first-order valence-corrected chi connectivity index (χ1v) is 15.5. The average molecular weight is 687 g/mol. The standard InChI is InChI=1S/C32H42N6O11/c1-17(40)27(30(46)36-24(16-39)32(48)49)37-29(45)25-3-2-12-38(25)31(47)23(14-19-6-10-21(42)11-7-19)35-28(44)22(34-26(43)15-33)13-18-4-8-20(41)9-5-18/h4-11,17,22-25,27,39-42H,2-3,12-16,33H2,1H3,(H,34,43)(H,35,44)(H,36,46)(H,37,45)(H,48,49)/t17-,22+,23+,24+,25+,27+/m1/s1. The van der Waals surface area contributed by atoms with Crippen LogP contribution in [0, 0.1) is 0 Å². The molecule has 0 aromatic heterocycles. The number of hydrogen-bond acceptors (Lipinski definition) is 11. The third kappa shape index (κ3) is 10.9. The second-order valence-corrected chi connectivity index (χ2v) is 11.6. The normalized spacial score (nSPS) is 17.1. The number of aromatic hydroxyl groups is 2. The molecule has 0 radical (unpaired) electrons. The number of nitrogens with one attached hydrogen (secondary N) is 4. The van der Waals surface area contributed by atoms with Crippen LogP contribution in [0.1, 0.15) is 30.9 Å². The fraction of sp³-hybridized carbons (Fsp3) is 0.438.